The third-order valence-corrected chi connectivity index (χ3v) is 3.23. The number of pyridine rings is 1. The van der Waals surface area contributed by atoms with Crippen LogP contribution in [0.4, 0.5) is 11.5 Å². The molecule has 5 heteroatoms. The Hall–Kier alpha value is -1.78. The molecule has 1 rings (SSSR count). The maximum absolute atomic E-state index is 11.3. The van der Waals surface area contributed by atoms with Crippen LogP contribution in [0.3, 0.4) is 0 Å². The van der Waals surface area contributed by atoms with Crippen LogP contribution in [0.5, 0.6) is 0 Å². The number of carbonyl (C=O) groups excluding carboxylic acids is 1. The predicted octanol–water partition coefficient (Wildman–Crippen LogP) is 1.86. The Balaban J connectivity index is 2.82. The SMILES string of the molecule is CC(CNc1ncc(N)cc1C(N)=O)C(C)(C)C. The molecule has 0 saturated heterocycles. The lowest BCUT2D eigenvalue weighted by atomic mass is 9.82. The van der Waals surface area contributed by atoms with Gasteiger partial charge in [-0.15, -0.1) is 0 Å². The van der Waals surface area contributed by atoms with Crippen LogP contribution in [0, 0.1) is 11.3 Å². The van der Waals surface area contributed by atoms with Crippen LogP contribution in [0.25, 0.3) is 0 Å². The van der Waals surface area contributed by atoms with Gasteiger partial charge in [-0.1, -0.05) is 27.7 Å². The van der Waals surface area contributed by atoms with Gasteiger partial charge in [0.1, 0.15) is 5.82 Å². The Bertz CT molecular complexity index is 437. The minimum atomic E-state index is -0.527. The van der Waals surface area contributed by atoms with Gasteiger partial charge in [-0.2, -0.15) is 0 Å². The van der Waals surface area contributed by atoms with Gasteiger partial charge in [-0.25, -0.2) is 4.98 Å². The van der Waals surface area contributed by atoms with Gasteiger partial charge >= 0.3 is 0 Å². The molecule has 1 heterocycles. The van der Waals surface area contributed by atoms with E-state index in [1.165, 1.54) is 6.20 Å². The molecule has 1 aromatic rings. The van der Waals surface area contributed by atoms with Gasteiger partial charge in [0, 0.05) is 6.54 Å². The molecule has 1 unspecified atom stereocenters. The Morgan fingerprint density at radius 1 is 1.50 bits per heavy atom. The molecule has 0 bridgehead atoms. The van der Waals surface area contributed by atoms with E-state index in [0.717, 1.165) is 6.54 Å². The number of nitrogens with zero attached hydrogens (tertiary/aromatic N) is 1. The number of nitrogen functional groups attached to an aromatic ring is 1. The van der Waals surface area contributed by atoms with E-state index in [1.807, 2.05) is 0 Å². The van der Waals surface area contributed by atoms with Gasteiger partial charge in [0.25, 0.3) is 5.91 Å². The number of primary amides is 1. The molecule has 1 amide bonds. The number of aromatic nitrogens is 1. The molecular weight excluding hydrogens is 228 g/mol. The molecule has 5 N–H and O–H groups in total. The number of nitrogens with one attached hydrogen (secondary N) is 1. The number of hydrogen-bond acceptors (Lipinski definition) is 4. The molecule has 0 aliphatic heterocycles. The van der Waals surface area contributed by atoms with Gasteiger partial charge in [0.05, 0.1) is 17.4 Å². The summed E-state index contributed by atoms with van der Waals surface area (Å²) >= 11 is 0. The highest BCUT2D eigenvalue weighted by molar-refractivity contribution is 5.98. The highest BCUT2D eigenvalue weighted by Crippen LogP contribution is 2.26. The van der Waals surface area contributed by atoms with E-state index in [4.69, 9.17) is 11.5 Å². The van der Waals surface area contributed by atoms with Gasteiger partial charge in [0.15, 0.2) is 0 Å². The number of anilines is 2. The monoisotopic (exact) mass is 250 g/mol. The first-order valence-electron chi connectivity index (χ1n) is 6.01. The lowest BCUT2D eigenvalue weighted by Gasteiger charge is -2.27. The van der Waals surface area contributed by atoms with Crippen molar-refractivity contribution in [3.05, 3.63) is 17.8 Å². The largest absolute Gasteiger partial charge is 0.397 e. The first-order chi connectivity index (χ1) is 8.21. The van der Waals surface area contributed by atoms with Gasteiger partial charge in [0.2, 0.25) is 0 Å². The fraction of sp³-hybridized carbons (Fsp3) is 0.538. The molecular formula is C13H22N4O. The molecule has 18 heavy (non-hydrogen) atoms. The third kappa shape index (κ3) is 3.61. The smallest absolute Gasteiger partial charge is 0.252 e. The lowest BCUT2D eigenvalue weighted by Crippen LogP contribution is -2.26. The Morgan fingerprint density at radius 3 is 2.61 bits per heavy atom. The molecule has 0 radical (unpaired) electrons. The summed E-state index contributed by atoms with van der Waals surface area (Å²) in [7, 11) is 0. The van der Waals surface area contributed by atoms with Crippen molar-refractivity contribution in [3.8, 4) is 0 Å². The summed E-state index contributed by atoms with van der Waals surface area (Å²) < 4.78 is 0. The first kappa shape index (κ1) is 14.3. The van der Waals surface area contributed by atoms with Crippen LogP contribution < -0.4 is 16.8 Å². The number of rotatable bonds is 4. The van der Waals surface area contributed by atoms with Crippen LogP contribution in [-0.4, -0.2) is 17.4 Å². The predicted molar refractivity (Wildman–Crippen MR) is 74.3 cm³/mol. The third-order valence-electron chi connectivity index (χ3n) is 3.23. The van der Waals surface area contributed by atoms with E-state index >= 15 is 0 Å². The topological polar surface area (TPSA) is 94.0 Å². The van der Waals surface area contributed by atoms with Crippen molar-refractivity contribution < 1.29 is 4.79 Å². The molecule has 0 fully saturated rings. The van der Waals surface area contributed by atoms with Crippen molar-refractivity contribution in [2.45, 2.75) is 27.7 Å². The average Bonchev–Trinajstić information content (AvgIpc) is 2.25. The quantitative estimate of drug-likeness (QED) is 0.760. The van der Waals surface area contributed by atoms with Crippen LogP contribution in [0.1, 0.15) is 38.1 Å². The van der Waals surface area contributed by atoms with E-state index in [2.05, 4.69) is 38.0 Å². The standard InChI is InChI=1S/C13H22N4O/c1-8(13(2,3)4)6-16-12-10(11(15)18)5-9(14)7-17-12/h5,7-8H,6,14H2,1-4H3,(H2,15,18)(H,16,17). The fourth-order valence-electron chi connectivity index (χ4n) is 1.37. The minimum absolute atomic E-state index is 0.188. The molecule has 0 saturated carbocycles. The number of hydrogen-bond donors (Lipinski definition) is 3. The summed E-state index contributed by atoms with van der Waals surface area (Å²) in [5.74, 6) is 0.395. The minimum Gasteiger partial charge on any atom is -0.397 e. The van der Waals surface area contributed by atoms with E-state index in [9.17, 15) is 4.79 Å². The Kier molecular flexibility index (Phi) is 4.16. The number of nitrogens with two attached hydrogens (primary N) is 2. The number of amides is 1. The van der Waals surface area contributed by atoms with Gasteiger partial charge in [-0.05, 0) is 17.4 Å². The molecule has 1 atom stereocenters. The van der Waals surface area contributed by atoms with Crippen molar-refractivity contribution in [1.29, 1.82) is 0 Å². The maximum Gasteiger partial charge on any atom is 0.252 e. The van der Waals surface area contributed by atoms with Crippen LogP contribution in [0.2, 0.25) is 0 Å². The molecule has 5 nitrogen and oxygen atoms in total. The zero-order valence-electron chi connectivity index (χ0n) is 11.4. The summed E-state index contributed by atoms with van der Waals surface area (Å²) in [5, 5.41) is 3.16. The molecule has 100 valence electrons. The van der Waals surface area contributed by atoms with E-state index in [-0.39, 0.29) is 5.41 Å². The van der Waals surface area contributed by atoms with Crippen LogP contribution in [-0.2, 0) is 0 Å². The van der Waals surface area contributed by atoms with Crippen molar-refractivity contribution in [1.82, 2.24) is 4.98 Å². The second kappa shape index (κ2) is 5.25. The fourth-order valence-corrected chi connectivity index (χ4v) is 1.37. The van der Waals surface area contributed by atoms with Gasteiger partial charge < -0.3 is 16.8 Å². The van der Waals surface area contributed by atoms with Crippen molar-refractivity contribution >= 4 is 17.4 Å². The average molecular weight is 250 g/mol. The molecule has 0 spiro atoms. The number of carbonyl (C=O) groups is 1. The second-order valence-corrected chi connectivity index (χ2v) is 5.68. The zero-order valence-corrected chi connectivity index (χ0v) is 11.4. The Morgan fingerprint density at radius 2 is 2.11 bits per heavy atom. The zero-order chi connectivity index (χ0) is 13.9. The normalized spacial score (nSPS) is 13.1. The lowest BCUT2D eigenvalue weighted by molar-refractivity contribution is 0.100. The van der Waals surface area contributed by atoms with Crippen molar-refractivity contribution in [2.75, 3.05) is 17.6 Å². The molecule has 1 aromatic heterocycles. The highest BCUT2D eigenvalue weighted by atomic mass is 16.1. The summed E-state index contributed by atoms with van der Waals surface area (Å²) in [5.41, 5.74) is 11.8. The van der Waals surface area contributed by atoms with Crippen LogP contribution >= 0.6 is 0 Å². The summed E-state index contributed by atoms with van der Waals surface area (Å²) in [6.07, 6.45) is 1.51. The molecule has 0 aliphatic carbocycles. The molecule has 0 aliphatic rings. The Labute approximate surface area is 108 Å². The van der Waals surface area contributed by atoms with Crippen molar-refractivity contribution in [3.63, 3.8) is 0 Å². The summed E-state index contributed by atoms with van der Waals surface area (Å²) in [4.78, 5) is 15.4. The second-order valence-electron chi connectivity index (χ2n) is 5.68. The first-order valence-corrected chi connectivity index (χ1v) is 6.01. The van der Waals surface area contributed by atoms with Crippen LogP contribution in [0.15, 0.2) is 12.3 Å². The van der Waals surface area contributed by atoms with E-state index in [1.54, 1.807) is 6.07 Å². The summed E-state index contributed by atoms with van der Waals surface area (Å²) in [6, 6.07) is 1.54. The van der Waals surface area contributed by atoms with Gasteiger partial charge in [-0.3, -0.25) is 4.79 Å². The summed E-state index contributed by atoms with van der Waals surface area (Å²) in [6.45, 7) is 9.38. The maximum atomic E-state index is 11.3. The molecule has 0 aromatic carbocycles. The van der Waals surface area contributed by atoms with Crippen molar-refractivity contribution in [2.24, 2.45) is 17.1 Å². The van der Waals surface area contributed by atoms with E-state index in [0.29, 0.717) is 23.0 Å². The van der Waals surface area contributed by atoms with E-state index < -0.39 is 5.91 Å². The highest BCUT2D eigenvalue weighted by Gasteiger charge is 2.20.